The van der Waals surface area contributed by atoms with Crippen molar-refractivity contribution in [2.24, 2.45) is 0 Å². The average Bonchev–Trinajstić information content (AvgIpc) is 2.93. The number of para-hydroxylation sites is 1. The van der Waals surface area contributed by atoms with Crippen LogP contribution in [0.4, 0.5) is 5.69 Å². The second-order valence-electron chi connectivity index (χ2n) is 4.87. The van der Waals surface area contributed by atoms with Gasteiger partial charge < -0.3 is 15.8 Å². The first-order valence-electron chi connectivity index (χ1n) is 6.95. The predicted octanol–water partition coefficient (Wildman–Crippen LogP) is 3.09. The summed E-state index contributed by atoms with van der Waals surface area (Å²) < 4.78 is 5.49. The number of nitrogens with two attached hydrogens (primary N) is 1. The highest BCUT2D eigenvalue weighted by atomic mass is 32.1. The molecule has 1 heterocycles. The van der Waals surface area contributed by atoms with E-state index in [1.165, 1.54) is 5.56 Å². The Morgan fingerprint density at radius 1 is 1.43 bits per heavy atom. The maximum absolute atomic E-state index is 12.4. The van der Waals surface area contributed by atoms with Crippen molar-refractivity contribution in [1.82, 2.24) is 5.32 Å². The molecule has 3 N–H and O–H groups in total. The second kappa shape index (κ2) is 7.13. The fourth-order valence-corrected chi connectivity index (χ4v) is 2.84. The van der Waals surface area contributed by atoms with E-state index in [0.717, 1.165) is 6.42 Å². The highest BCUT2D eigenvalue weighted by molar-refractivity contribution is 7.07. The Morgan fingerprint density at radius 2 is 2.24 bits per heavy atom. The zero-order chi connectivity index (χ0) is 15.2. The number of ether oxygens (including phenoxy) is 1. The molecule has 1 amide bonds. The number of benzene rings is 1. The van der Waals surface area contributed by atoms with Crippen molar-refractivity contribution < 1.29 is 9.53 Å². The van der Waals surface area contributed by atoms with Crippen LogP contribution < -0.4 is 15.8 Å². The summed E-state index contributed by atoms with van der Waals surface area (Å²) in [5.74, 6) is 0.300. The lowest BCUT2D eigenvalue weighted by Crippen LogP contribution is -2.34. The molecule has 0 radical (unpaired) electrons. The summed E-state index contributed by atoms with van der Waals surface area (Å²) >= 11 is 1.66. The molecular formula is C16H20N2O2S. The van der Waals surface area contributed by atoms with Gasteiger partial charge in [0.05, 0.1) is 17.9 Å². The summed E-state index contributed by atoms with van der Waals surface area (Å²) in [6.07, 6.45) is 0.807. The molecule has 0 aliphatic heterocycles. The van der Waals surface area contributed by atoms with E-state index in [0.29, 0.717) is 23.6 Å². The van der Waals surface area contributed by atoms with Crippen molar-refractivity contribution in [2.45, 2.75) is 26.3 Å². The zero-order valence-electron chi connectivity index (χ0n) is 12.3. The lowest BCUT2D eigenvalue weighted by atomic mass is 10.1. The topological polar surface area (TPSA) is 64.3 Å². The minimum atomic E-state index is -0.159. The Balaban J connectivity index is 2.07. The smallest absolute Gasteiger partial charge is 0.255 e. The van der Waals surface area contributed by atoms with Crippen LogP contribution in [0, 0.1) is 0 Å². The minimum absolute atomic E-state index is 0.0445. The Labute approximate surface area is 128 Å². The number of nitrogens with one attached hydrogen (secondary N) is 1. The Bertz CT molecular complexity index is 596. The molecule has 0 saturated carbocycles. The normalized spacial score (nSPS) is 11.9. The number of amides is 1. The van der Waals surface area contributed by atoms with Gasteiger partial charge in [-0.25, -0.2) is 0 Å². The van der Waals surface area contributed by atoms with E-state index in [2.05, 4.69) is 16.8 Å². The maximum Gasteiger partial charge on any atom is 0.255 e. The number of thiophene rings is 1. The molecule has 0 aliphatic rings. The van der Waals surface area contributed by atoms with Crippen LogP contribution in [-0.2, 0) is 6.42 Å². The van der Waals surface area contributed by atoms with E-state index >= 15 is 0 Å². The fraction of sp³-hybridized carbons (Fsp3) is 0.312. The SMILES string of the molecule is CCOc1c(N)cccc1C(=O)NC(C)Cc1ccsc1. The van der Waals surface area contributed by atoms with E-state index in [1.807, 2.05) is 19.2 Å². The summed E-state index contributed by atoms with van der Waals surface area (Å²) in [7, 11) is 0. The van der Waals surface area contributed by atoms with E-state index in [1.54, 1.807) is 29.5 Å². The van der Waals surface area contributed by atoms with Crippen molar-refractivity contribution in [3.8, 4) is 5.75 Å². The van der Waals surface area contributed by atoms with Crippen LogP contribution in [0.15, 0.2) is 35.0 Å². The molecule has 0 spiro atoms. The van der Waals surface area contributed by atoms with Crippen molar-refractivity contribution in [3.05, 3.63) is 46.2 Å². The summed E-state index contributed by atoms with van der Waals surface area (Å²) in [6.45, 7) is 4.33. The third-order valence-corrected chi connectivity index (χ3v) is 3.81. The lowest BCUT2D eigenvalue weighted by Gasteiger charge is -2.16. The van der Waals surface area contributed by atoms with Crippen LogP contribution in [0.5, 0.6) is 5.75 Å². The van der Waals surface area contributed by atoms with Gasteiger partial charge in [-0.15, -0.1) is 0 Å². The first-order chi connectivity index (χ1) is 10.1. The van der Waals surface area contributed by atoms with Crippen LogP contribution in [-0.4, -0.2) is 18.6 Å². The van der Waals surface area contributed by atoms with Crippen LogP contribution in [0.25, 0.3) is 0 Å². The third kappa shape index (κ3) is 3.98. The highest BCUT2D eigenvalue weighted by Crippen LogP contribution is 2.26. The van der Waals surface area contributed by atoms with Gasteiger partial charge in [-0.3, -0.25) is 4.79 Å². The van der Waals surface area contributed by atoms with Crippen LogP contribution >= 0.6 is 11.3 Å². The first kappa shape index (κ1) is 15.4. The highest BCUT2D eigenvalue weighted by Gasteiger charge is 2.17. The minimum Gasteiger partial charge on any atom is -0.491 e. The molecule has 0 bridgehead atoms. The van der Waals surface area contributed by atoms with Crippen molar-refractivity contribution in [1.29, 1.82) is 0 Å². The van der Waals surface area contributed by atoms with Gasteiger partial charge in [-0.05, 0) is 54.8 Å². The Kier molecular flexibility index (Phi) is 5.22. The summed E-state index contributed by atoms with van der Waals surface area (Å²) in [6, 6.07) is 7.34. The molecule has 1 unspecified atom stereocenters. The molecule has 0 fully saturated rings. The Morgan fingerprint density at radius 3 is 2.90 bits per heavy atom. The fourth-order valence-electron chi connectivity index (χ4n) is 2.15. The van der Waals surface area contributed by atoms with Gasteiger partial charge in [0.15, 0.2) is 5.75 Å². The summed E-state index contributed by atoms with van der Waals surface area (Å²) in [4.78, 5) is 12.4. The molecule has 112 valence electrons. The molecule has 1 aromatic heterocycles. The third-order valence-electron chi connectivity index (χ3n) is 3.08. The largest absolute Gasteiger partial charge is 0.491 e. The van der Waals surface area contributed by atoms with Crippen molar-refractivity contribution in [2.75, 3.05) is 12.3 Å². The van der Waals surface area contributed by atoms with Gasteiger partial charge in [-0.2, -0.15) is 11.3 Å². The van der Waals surface area contributed by atoms with Gasteiger partial charge in [-0.1, -0.05) is 6.07 Å². The molecule has 4 nitrogen and oxygen atoms in total. The molecule has 1 atom stereocenters. The van der Waals surface area contributed by atoms with Gasteiger partial charge in [0.1, 0.15) is 0 Å². The Hall–Kier alpha value is -2.01. The van der Waals surface area contributed by atoms with Crippen LogP contribution in [0.1, 0.15) is 29.8 Å². The number of hydrogen-bond acceptors (Lipinski definition) is 4. The number of hydrogen-bond donors (Lipinski definition) is 2. The number of rotatable bonds is 6. The number of carbonyl (C=O) groups excluding carboxylic acids is 1. The van der Waals surface area contributed by atoms with Crippen molar-refractivity contribution >= 4 is 22.9 Å². The molecule has 5 heteroatoms. The number of anilines is 1. The van der Waals surface area contributed by atoms with E-state index in [9.17, 15) is 4.79 Å². The second-order valence-corrected chi connectivity index (χ2v) is 5.65. The lowest BCUT2D eigenvalue weighted by molar-refractivity contribution is 0.0936. The number of carbonyl (C=O) groups is 1. The molecule has 2 rings (SSSR count). The first-order valence-corrected chi connectivity index (χ1v) is 7.89. The monoisotopic (exact) mass is 304 g/mol. The summed E-state index contributed by atoms with van der Waals surface area (Å²) in [5, 5.41) is 7.12. The molecule has 0 saturated heterocycles. The molecular weight excluding hydrogens is 284 g/mol. The standard InChI is InChI=1S/C16H20N2O2S/c1-3-20-15-13(5-4-6-14(15)17)16(19)18-11(2)9-12-7-8-21-10-12/h4-8,10-11H,3,9,17H2,1-2H3,(H,18,19). The van der Waals surface area contributed by atoms with E-state index in [-0.39, 0.29) is 11.9 Å². The maximum atomic E-state index is 12.4. The van der Waals surface area contributed by atoms with Gasteiger partial charge in [0, 0.05) is 6.04 Å². The van der Waals surface area contributed by atoms with Crippen LogP contribution in [0.2, 0.25) is 0 Å². The molecule has 1 aromatic carbocycles. The van der Waals surface area contributed by atoms with Gasteiger partial charge >= 0.3 is 0 Å². The molecule has 2 aromatic rings. The van der Waals surface area contributed by atoms with Gasteiger partial charge in [0.2, 0.25) is 0 Å². The average molecular weight is 304 g/mol. The quantitative estimate of drug-likeness (QED) is 0.806. The van der Waals surface area contributed by atoms with Crippen LogP contribution in [0.3, 0.4) is 0 Å². The zero-order valence-corrected chi connectivity index (χ0v) is 13.1. The summed E-state index contributed by atoms with van der Waals surface area (Å²) in [5.41, 5.74) is 8.07. The van der Waals surface area contributed by atoms with Crippen molar-refractivity contribution in [3.63, 3.8) is 0 Å². The van der Waals surface area contributed by atoms with Gasteiger partial charge in [0.25, 0.3) is 5.91 Å². The number of nitrogen functional groups attached to an aromatic ring is 1. The predicted molar refractivity (Wildman–Crippen MR) is 87.0 cm³/mol. The van der Waals surface area contributed by atoms with E-state index in [4.69, 9.17) is 10.5 Å². The van der Waals surface area contributed by atoms with E-state index < -0.39 is 0 Å². The molecule has 0 aliphatic carbocycles. The molecule has 21 heavy (non-hydrogen) atoms.